The molecule has 1 unspecified atom stereocenters. The van der Waals surface area contributed by atoms with Gasteiger partial charge in [-0.05, 0) is 12.5 Å². The molecule has 0 fully saturated rings. The van der Waals surface area contributed by atoms with Gasteiger partial charge in [0.1, 0.15) is 5.00 Å². The van der Waals surface area contributed by atoms with Crippen LogP contribution in [-0.2, 0) is 9.53 Å². The highest BCUT2D eigenvalue weighted by atomic mass is 32.1. The van der Waals surface area contributed by atoms with E-state index in [4.69, 9.17) is 10.1 Å². The van der Waals surface area contributed by atoms with Crippen LogP contribution >= 0.6 is 11.3 Å². The molecular formula is C16H15N3O2S. The van der Waals surface area contributed by atoms with Gasteiger partial charge in [0.2, 0.25) is 4.80 Å². The van der Waals surface area contributed by atoms with Crippen LogP contribution in [0.2, 0.25) is 0 Å². The number of hydrogen-bond donors (Lipinski definition) is 2. The Morgan fingerprint density at radius 3 is 2.77 bits per heavy atom. The molecular weight excluding hydrogens is 298 g/mol. The van der Waals surface area contributed by atoms with Crippen LogP contribution < -0.4 is 10.1 Å². The van der Waals surface area contributed by atoms with Gasteiger partial charge in [-0.3, -0.25) is 5.41 Å². The zero-order chi connectivity index (χ0) is 15.7. The monoisotopic (exact) mass is 313 g/mol. The average molecular weight is 313 g/mol. The van der Waals surface area contributed by atoms with Crippen molar-refractivity contribution in [2.45, 2.75) is 12.8 Å². The van der Waals surface area contributed by atoms with Crippen LogP contribution in [0.1, 0.15) is 24.0 Å². The van der Waals surface area contributed by atoms with E-state index in [-0.39, 0.29) is 16.7 Å². The van der Waals surface area contributed by atoms with Crippen LogP contribution in [0.25, 0.3) is 0 Å². The second-order valence-corrected chi connectivity index (χ2v) is 5.95. The van der Waals surface area contributed by atoms with Gasteiger partial charge >= 0.3 is 5.97 Å². The zero-order valence-corrected chi connectivity index (χ0v) is 13.0. The van der Waals surface area contributed by atoms with Gasteiger partial charge in [0.15, 0.2) is 0 Å². The van der Waals surface area contributed by atoms with Gasteiger partial charge in [-0.1, -0.05) is 41.7 Å². The summed E-state index contributed by atoms with van der Waals surface area (Å²) in [5.41, 5.74) is 3.21. The third-order valence-electron chi connectivity index (χ3n) is 3.62. The maximum absolute atomic E-state index is 12.3. The molecule has 2 aromatic rings. The van der Waals surface area contributed by atoms with Gasteiger partial charge in [-0.25, -0.2) is 9.78 Å². The highest BCUT2D eigenvalue weighted by Gasteiger charge is 2.33. The number of hydrogen-bond acceptors (Lipinski definition) is 6. The van der Waals surface area contributed by atoms with E-state index in [1.807, 2.05) is 37.3 Å². The molecule has 1 aliphatic heterocycles. The van der Waals surface area contributed by atoms with Crippen molar-refractivity contribution in [1.29, 1.82) is 5.41 Å². The van der Waals surface area contributed by atoms with Gasteiger partial charge in [-0.2, -0.15) is 0 Å². The topological polar surface area (TPSA) is 75.1 Å². The summed E-state index contributed by atoms with van der Waals surface area (Å²) in [4.78, 5) is 16.6. The molecule has 1 atom stereocenters. The number of allylic oxidation sites excluding steroid dienone is 1. The summed E-state index contributed by atoms with van der Waals surface area (Å²) >= 11 is 1.26. The van der Waals surface area contributed by atoms with Gasteiger partial charge in [0, 0.05) is 23.4 Å². The molecule has 2 heterocycles. The van der Waals surface area contributed by atoms with E-state index in [1.165, 1.54) is 18.4 Å². The average Bonchev–Trinajstić information content (AvgIpc) is 2.53. The first kappa shape index (κ1) is 14.5. The number of esters is 1. The molecule has 3 rings (SSSR count). The standard InChI is InChI=1S/C16H15N3O2S/c1-9-12(15(20)21-2)13(10-6-4-3-5-7-10)11-8-18-16(17)22-14(11)19-9/h3-8,13,17,19H,1-2H3. The molecule has 5 nitrogen and oxygen atoms in total. The Kier molecular flexibility index (Phi) is 3.77. The van der Waals surface area contributed by atoms with Crippen molar-refractivity contribution in [3.05, 3.63) is 63.7 Å². The predicted molar refractivity (Wildman–Crippen MR) is 84.6 cm³/mol. The van der Waals surface area contributed by atoms with Crippen LogP contribution in [0.5, 0.6) is 0 Å². The van der Waals surface area contributed by atoms with Gasteiger partial charge in [0.05, 0.1) is 12.7 Å². The molecule has 112 valence electrons. The summed E-state index contributed by atoms with van der Waals surface area (Å²) in [6, 6.07) is 9.78. The van der Waals surface area contributed by atoms with Crippen molar-refractivity contribution in [3.63, 3.8) is 0 Å². The third kappa shape index (κ3) is 2.42. The first-order chi connectivity index (χ1) is 10.6. The molecule has 0 aliphatic carbocycles. The predicted octanol–water partition coefficient (Wildman–Crippen LogP) is 2.63. The minimum atomic E-state index is -0.357. The van der Waals surface area contributed by atoms with Crippen LogP contribution in [0, 0.1) is 5.41 Å². The van der Waals surface area contributed by atoms with Gasteiger partial charge in [-0.15, -0.1) is 0 Å². The molecule has 6 heteroatoms. The second-order valence-electron chi connectivity index (χ2n) is 4.95. The number of nitrogens with one attached hydrogen (secondary N) is 2. The fraction of sp³-hybridized carbons (Fsp3) is 0.188. The lowest BCUT2D eigenvalue weighted by Crippen LogP contribution is -2.24. The molecule has 0 bridgehead atoms. The smallest absolute Gasteiger partial charge is 0.336 e. The number of fused-ring (bicyclic) bond motifs is 1. The van der Waals surface area contributed by atoms with E-state index < -0.39 is 0 Å². The summed E-state index contributed by atoms with van der Waals surface area (Å²) in [7, 11) is 1.38. The van der Waals surface area contributed by atoms with E-state index in [9.17, 15) is 4.79 Å². The Hall–Kier alpha value is -2.47. The molecule has 0 radical (unpaired) electrons. The molecule has 0 spiro atoms. The number of aromatic nitrogens is 1. The summed E-state index contributed by atoms with van der Waals surface area (Å²) in [5, 5.41) is 11.8. The Labute approximate surface area is 131 Å². The number of benzene rings is 1. The quantitative estimate of drug-likeness (QED) is 0.836. The summed E-state index contributed by atoms with van der Waals surface area (Å²) < 4.78 is 4.96. The highest BCUT2D eigenvalue weighted by Crippen LogP contribution is 2.42. The summed E-state index contributed by atoms with van der Waals surface area (Å²) in [6.07, 6.45) is 1.66. The van der Waals surface area contributed by atoms with Gasteiger partial charge in [0.25, 0.3) is 0 Å². The lowest BCUT2D eigenvalue weighted by Gasteiger charge is -2.28. The number of nitrogens with zero attached hydrogens (tertiary/aromatic N) is 1. The van der Waals surface area contributed by atoms with Crippen molar-refractivity contribution in [2.75, 3.05) is 12.4 Å². The number of methoxy groups -OCH3 is 1. The summed E-state index contributed by atoms with van der Waals surface area (Å²) in [5.74, 6) is -0.598. The Morgan fingerprint density at radius 2 is 2.09 bits per heavy atom. The van der Waals surface area contributed by atoms with E-state index in [1.54, 1.807) is 6.20 Å². The van der Waals surface area contributed by atoms with E-state index in [2.05, 4.69) is 10.3 Å². The van der Waals surface area contributed by atoms with Crippen molar-refractivity contribution < 1.29 is 9.53 Å². The van der Waals surface area contributed by atoms with E-state index in [0.29, 0.717) is 5.57 Å². The molecule has 0 saturated heterocycles. The Bertz CT molecular complexity index is 812. The normalized spacial score (nSPS) is 16.7. The van der Waals surface area contributed by atoms with Crippen LogP contribution in [0.4, 0.5) is 5.00 Å². The molecule has 1 aromatic heterocycles. The number of rotatable bonds is 2. The molecule has 0 amide bonds. The molecule has 22 heavy (non-hydrogen) atoms. The van der Waals surface area contributed by atoms with Crippen LogP contribution in [-0.4, -0.2) is 18.1 Å². The first-order valence-corrected chi connectivity index (χ1v) is 7.59. The van der Waals surface area contributed by atoms with Crippen molar-refractivity contribution in [2.24, 2.45) is 0 Å². The molecule has 0 saturated carbocycles. The van der Waals surface area contributed by atoms with E-state index >= 15 is 0 Å². The lowest BCUT2D eigenvalue weighted by molar-refractivity contribution is -0.136. The second kappa shape index (κ2) is 5.73. The highest BCUT2D eigenvalue weighted by molar-refractivity contribution is 7.13. The summed E-state index contributed by atoms with van der Waals surface area (Å²) in [6.45, 7) is 1.85. The zero-order valence-electron chi connectivity index (χ0n) is 12.2. The molecule has 1 aliphatic rings. The number of carbonyl (C=O) groups is 1. The fourth-order valence-corrected chi connectivity index (χ4v) is 3.45. The Morgan fingerprint density at radius 1 is 1.36 bits per heavy atom. The van der Waals surface area contributed by atoms with Crippen molar-refractivity contribution in [3.8, 4) is 0 Å². The van der Waals surface area contributed by atoms with Crippen molar-refractivity contribution in [1.82, 2.24) is 4.98 Å². The number of carbonyl (C=O) groups excluding carboxylic acids is 1. The number of anilines is 1. The molecule has 1 aromatic carbocycles. The Balaban J connectivity index is 2.24. The van der Waals surface area contributed by atoms with Crippen LogP contribution in [0.3, 0.4) is 0 Å². The number of ether oxygens (including phenoxy) is 1. The van der Waals surface area contributed by atoms with E-state index in [0.717, 1.165) is 21.8 Å². The lowest BCUT2D eigenvalue weighted by atomic mass is 9.83. The first-order valence-electron chi connectivity index (χ1n) is 6.77. The van der Waals surface area contributed by atoms with Crippen LogP contribution in [0.15, 0.2) is 47.8 Å². The minimum absolute atomic E-state index is 0.229. The van der Waals surface area contributed by atoms with Crippen molar-refractivity contribution >= 4 is 22.3 Å². The van der Waals surface area contributed by atoms with Gasteiger partial charge < -0.3 is 10.1 Å². The SMILES string of the molecule is COC(=O)C1=C(C)Nc2sc(=N)ncc2C1c1ccccc1. The molecule has 2 N–H and O–H groups in total. The maximum Gasteiger partial charge on any atom is 0.336 e. The maximum atomic E-state index is 12.3. The minimum Gasteiger partial charge on any atom is -0.466 e. The third-order valence-corrected chi connectivity index (χ3v) is 4.47. The largest absolute Gasteiger partial charge is 0.466 e. The fourth-order valence-electron chi connectivity index (χ4n) is 2.65.